The Balaban J connectivity index is 1.69. The summed E-state index contributed by atoms with van der Waals surface area (Å²) in [6.45, 7) is 5.74. The number of alkyl halides is 3. The van der Waals surface area contributed by atoms with Gasteiger partial charge in [0.1, 0.15) is 11.6 Å². The van der Waals surface area contributed by atoms with Crippen LogP contribution >= 0.6 is 0 Å². The third-order valence-electron chi connectivity index (χ3n) is 5.42. The van der Waals surface area contributed by atoms with Crippen LogP contribution in [0.15, 0.2) is 42.5 Å². The van der Waals surface area contributed by atoms with Gasteiger partial charge in [0, 0.05) is 43.9 Å². The van der Waals surface area contributed by atoms with E-state index in [4.69, 9.17) is 4.74 Å². The molecule has 1 fully saturated rings. The highest BCUT2D eigenvalue weighted by Crippen LogP contribution is 2.29. The zero-order valence-electron chi connectivity index (χ0n) is 18.5. The Hall–Kier alpha value is -2.52. The molecule has 0 aliphatic carbocycles. The summed E-state index contributed by atoms with van der Waals surface area (Å²) in [5.74, 6) is -1.50. The highest BCUT2D eigenvalue weighted by atomic mass is 19.4. The minimum atomic E-state index is -4.48. The molecule has 0 spiro atoms. The van der Waals surface area contributed by atoms with Crippen molar-refractivity contribution in [2.24, 2.45) is 5.92 Å². The third-order valence-corrected chi connectivity index (χ3v) is 5.42. The molecule has 0 bridgehead atoms. The average Bonchev–Trinajstić information content (AvgIpc) is 2.75. The monoisotopic (exact) mass is 470 g/mol. The number of amides is 1. The number of carbonyl (C=O) groups excluding carboxylic acids is 1. The van der Waals surface area contributed by atoms with E-state index in [9.17, 15) is 26.7 Å². The van der Waals surface area contributed by atoms with Gasteiger partial charge in [-0.15, -0.1) is 0 Å². The molecule has 2 aromatic rings. The Morgan fingerprint density at radius 3 is 2.33 bits per heavy atom. The number of hydrogen-bond donors (Lipinski definition) is 0. The smallest absolute Gasteiger partial charge is 0.374 e. The van der Waals surface area contributed by atoms with Crippen molar-refractivity contribution in [2.45, 2.75) is 32.7 Å². The molecule has 1 aliphatic heterocycles. The first-order valence-electron chi connectivity index (χ1n) is 10.8. The Labute approximate surface area is 189 Å². The molecule has 1 atom stereocenters. The maximum Gasteiger partial charge on any atom is 0.416 e. The zero-order valence-corrected chi connectivity index (χ0v) is 18.5. The summed E-state index contributed by atoms with van der Waals surface area (Å²) in [6, 6.07) is 7.87. The van der Waals surface area contributed by atoms with Crippen LogP contribution in [0, 0.1) is 17.6 Å². The minimum Gasteiger partial charge on any atom is -0.374 e. The maximum absolute atomic E-state index is 14.0. The van der Waals surface area contributed by atoms with Crippen molar-refractivity contribution in [1.82, 2.24) is 9.80 Å². The van der Waals surface area contributed by atoms with Gasteiger partial charge in [-0.3, -0.25) is 9.69 Å². The number of benzene rings is 2. The van der Waals surface area contributed by atoms with Gasteiger partial charge in [0.2, 0.25) is 0 Å². The lowest BCUT2D eigenvalue weighted by atomic mass is 10.1. The van der Waals surface area contributed by atoms with E-state index in [0.29, 0.717) is 26.2 Å². The summed E-state index contributed by atoms with van der Waals surface area (Å²) in [5, 5.41) is 0. The molecule has 1 amide bonds. The number of hydrogen-bond acceptors (Lipinski definition) is 3. The third kappa shape index (κ3) is 6.74. The molecule has 1 heterocycles. The molecule has 0 radical (unpaired) electrons. The molecule has 2 aromatic carbocycles. The van der Waals surface area contributed by atoms with Gasteiger partial charge >= 0.3 is 6.18 Å². The van der Waals surface area contributed by atoms with Crippen LogP contribution in [0.1, 0.15) is 35.3 Å². The van der Waals surface area contributed by atoms with Crippen LogP contribution in [-0.4, -0.2) is 54.6 Å². The van der Waals surface area contributed by atoms with E-state index < -0.39 is 35.4 Å². The normalized spacial score (nSPS) is 17.4. The summed E-state index contributed by atoms with van der Waals surface area (Å²) < 4.78 is 72.4. The van der Waals surface area contributed by atoms with Gasteiger partial charge in [-0.05, 0) is 42.3 Å². The van der Waals surface area contributed by atoms with Crippen LogP contribution in [0.3, 0.4) is 0 Å². The lowest BCUT2D eigenvalue weighted by Gasteiger charge is -2.36. The molecule has 180 valence electrons. The number of morpholine rings is 1. The van der Waals surface area contributed by atoms with Gasteiger partial charge in [-0.25, -0.2) is 8.78 Å². The molecule has 0 N–H and O–H groups in total. The van der Waals surface area contributed by atoms with Crippen LogP contribution in [0.5, 0.6) is 0 Å². The SMILES string of the molecule is CC(C)CN(C[C@@H]1CN(Cc2c(F)cccc2F)CCO1)C(=O)c1ccc(C(F)(F)F)cc1. The molecule has 9 heteroatoms. The van der Waals surface area contributed by atoms with Crippen LogP contribution in [0.25, 0.3) is 0 Å². The summed E-state index contributed by atoms with van der Waals surface area (Å²) in [7, 11) is 0. The minimum absolute atomic E-state index is 0.0157. The van der Waals surface area contributed by atoms with E-state index in [2.05, 4.69) is 0 Å². The van der Waals surface area contributed by atoms with Crippen molar-refractivity contribution in [3.05, 3.63) is 70.8 Å². The van der Waals surface area contributed by atoms with Crippen LogP contribution in [0.4, 0.5) is 22.0 Å². The molecule has 1 aliphatic rings. The van der Waals surface area contributed by atoms with Gasteiger partial charge in [0.25, 0.3) is 5.91 Å². The number of nitrogens with zero attached hydrogens (tertiary/aromatic N) is 2. The van der Waals surface area contributed by atoms with E-state index in [0.717, 1.165) is 12.1 Å². The van der Waals surface area contributed by atoms with Crippen molar-refractivity contribution in [1.29, 1.82) is 0 Å². The van der Waals surface area contributed by atoms with E-state index in [1.807, 2.05) is 18.7 Å². The Kier molecular flexibility index (Phi) is 8.07. The lowest BCUT2D eigenvalue weighted by Crippen LogP contribution is -2.49. The Morgan fingerprint density at radius 2 is 1.76 bits per heavy atom. The fourth-order valence-corrected chi connectivity index (χ4v) is 3.85. The number of rotatable bonds is 7. The molecule has 0 aromatic heterocycles. The predicted molar refractivity (Wildman–Crippen MR) is 114 cm³/mol. The topological polar surface area (TPSA) is 32.8 Å². The summed E-state index contributed by atoms with van der Waals surface area (Å²) >= 11 is 0. The number of ether oxygens (including phenoxy) is 1. The lowest BCUT2D eigenvalue weighted by molar-refractivity contribution is -0.137. The Bertz CT molecular complexity index is 927. The molecule has 3 rings (SSSR count). The quantitative estimate of drug-likeness (QED) is 0.535. The van der Waals surface area contributed by atoms with Gasteiger partial charge in [0.15, 0.2) is 0 Å². The van der Waals surface area contributed by atoms with Crippen LogP contribution in [0.2, 0.25) is 0 Å². The molecular formula is C24H27F5N2O2. The maximum atomic E-state index is 14.0. The van der Waals surface area contributed by atoms with Gasteiger partial charge < -0.3 is 9.64 Å². The standard InChI is InChI=1S/C24H27F5N2O2/c1-16(2)12-31(23(32)17-6-8-18(9-7-17)24(27,28)29)14-19-13-30(10-11-33-19)15-20-21(25)4-3-5-22(20)26/h3-9,16,19H,10-15H2,1-2H3/t19-/m0/s1. The first-order valence-corrected chi connectivity index (χ1v) is 10.8. The van der Waals surface area contributed by atoms with Gasteiger partial charge in [-0.2, -0.15) is 13.2 Å². The van der Waals surface area contributed by atoms with Crippen molar-refractivity contribution >= 4 is 5.91 Å². The second kappa shape index (κ2) is 10.6. The molecule has 1 saturated heterocycles. The first-order chi connectivity index (χ1) is 15.5. The van der Waals surface area contributed by atoms with Crippen LogP contribution in [-0.2, 0) is 17.5 Å². The molecule has 4 nitrogen and oxygen atoms in total. The van der Waals surface area contributed by atoms with Crippen molar-refractivity contribution < 1.29 is 31.5 Å². The predicted octanol–water partition coefficient (Wildman–Crippen LogP) is 4.98. The van der Waals surface area contributed by atoms with Crippen molar-refractivity contribution in [3.63, 3.8) is 0 Å². The largest absolute Gasteiger partial charge is 0.416 e. The number of carbonyl (C=O) groups is 1. The van der Waals surface area contributed by atoms with E-state index in [1.54, 1.807) is 4.90 Å². The van der Waals surface area contributed by atoms with E-state index in [1.165, 1.54) is 30.3 Å². The fourth-order valence-electron chi connectivity index (χ4n) is 3.85. The number of halogens is 5. The van der Waals surface area contributed by atoms with Crippen LogP contribution < -0.4 is 0 Å². The second-order valence-electron chi connectivity index (χ2n) is 8.61. The average molecular weight is 470 g/mol. The van der Waals surface area contributed by atoms with Gasteiger partial charge in [-0.1, -0.05) is 19.9 Å². The summed E-state index contributed by atoms with van der Waals surface area (Å²) in [5.41, 5.74) is -0.677. The zero-order chi connectivity index (χ0) is 24.2. The summed E-state index contributed by atoms with van der Waals surface area (Å²) in [6.07, 6.45) is -4.87. The highest BCUT2D eigenvalue weighted by Gasteiger charge is 2.31. The van der Waals surface area contributed by atoms with E-state index >= 15 is 0 Å². The van der Waals surface area contributed by atoms with Gasteiger partial charge in [0.05, 0.1) is 18.3 Å². The highest BCUT2D eigenvalue weighted by molar-refractivity contribution is 5.94. The van der Waals surface area contributed by atoms with Crippen molar-refractivity contribution in [2.75, 3.05) is 32.8 Å². The second-order valence-corrected chi connectivity index (χ2v) is 8.61. The Morgan fingerprint density at radius 1 is 1.12 bits per heavy atom. The molecule has 0 unspecified atom stereocenters. The summed E-state index contributed by atoms with van der Waals surface area (Å²) in [4.78, 5) is 16.5. The molecular weight excluding hydrogens is 443 g/mol. The fraction of sp³-hybridized carbons (Fsp3) is 0.458. The molecule has 0 saturated carbocycles. The van der Waals surface area contributed by atoms with E-state index in [-0.39, 0.29) is 30.1 Å². The van der Waals surface area contributed by atoms with Crippen molar-refractivity contribution in [3.8, 4) is 0 Å². The molecule has 33 heavy (non-hydrogen) atoms. The first kappa shape index (κ1) is 25.1.